The lowest BCUT2D eigenvalue weighted by atomic mass is 10.1. The number of thiazole rings is 1. The number of nitrogens with one attached hydrogen (secondary N) is 1. The summed E-state index contributed by atoms with van der Waals surface area (Å²) >= 11 is 1.46. The van der Waals surface area contributed by atoms with Crippen molar-refractivity contribution < 1.29 is 14.3 Å². The van der Waals surface area contributed by atoms with E-state index in [1.165, 1.54) is 75.5 Å². The number of amides is 1. The third-order valence-electron chi connectivity index (χ3n) is 6.23. The van der Waals surface area contributed by atoms with Crippen LogP contribution in [-0.2, 0) is 0 Å². The number of carbonyl (C=O) groups is 1. The van der Waals surface area contributed by atoms with Gasteiger partial charge in [-0.1, -0.05) is 89.4 Å². The first-order valence-electron chi connectivity index (χ1n) is 13.8. The van der Waals surface area contributed by atoms with Gasteiger partial charge in [0.05, 0.1) is 23.4 Å². The van der Waals surface area contributed by atoms with Crippen LogP contribution >= 0.6 is 11.3 Å². The lowest BCUT2D eigenvalue weighted by Crippen LogP contribution is -2.11. The van der Waals surface area contributed by atoms with E-state index in [-0.39, 0.29) is 5.91 Å². The molecule has 6 heteroatoms. The first-order valence-corrected chi connectivity index (χ1v) is 14.6. The smallest absolute Gasteiger partial charge is 0.257 e. The number of nitrogens with zero attached hydrogens (tertiary/aromatic N) is 1. The predicted molar refractivity (Wildman–Crippen MR) is 152 cm³/mol. The van der Waals surface area contributed by atoms with E-state index >= 15 is 0 Å². The molecule has 0 spiro atoms. The second-order valence-corrected chi connectivity index (χ2v) is 10.4. The molecule has 0 aliphatic rings. The summed E-state index contributed by atoms with van der Waals surface area (Å²) in [4.78, 5) is 17.3. The second kappa shape index (κ2) is 16.2. The zero-order valence-corrected chi connectivity index (χ0v) is 22.8. The molecule has 0 aliphatic carbocycles. The maximum absolute atomic E-state index is 12.7. The number of aromatic nitrogens is 1. The Morgan fingerprint density at radius 2 is 1.31 bits per heavy atom. The lowest BCUT2D eigenvalue weighted by molar-refractivity contribution is 0.102. The lowest BCUT2D eigenvalue weighted by Gasteiger charge is -2.07. The highest BCUT2D eigenvalue weighted by atomic mass is 32.1. The van der Waals surface area contributed by atoms with E-state index in [0.29, 0.717) is 17.3 Å². The van der Waals surface area contributed by atoms with Crippen LogP contribution in [0.3, 0.4) is 0 Å². The highest BCUT2D eigenvalue weighted by Crippen LogP contribution is 2.30. The normalized spacial score (nSPS) is 11.1. The van der Waals surface area contributed by atoms with Gasteiger partial charge >= 0.3 is 0 Å². The van der Waals surface area contributed by atoms with Crippen molar-refractivity contribution in [1.29, 1.82) is 0 Å². The van der Waals surface area contributed by atoms with Gasteiger partial charge < -0.3 is 9.47 Å². The minimum absolute atomic E-state index is 0.172. The van der Waals surface area contributed by atoms with E-state index in [1.54, 1.807) is 12.1 Å². The van der Waals surface area contributed by atoms with Crippen LogP contribution in [0.25, 0.3) is 10.2 Å². The molecule has 0 fully saturated rings. The molecule has 3 aromatic rings. The average molecular weight is 511 g/mol. The van der Waals surface area contributed by atoms with E-state index in [2.05, 4.69) is 24.1 Å². The summed E-state index contributed by atoms with van der Waals surface area (Å²) in [6.45, 7) is 5.90. The first-order chi connectivity index (χ1) is 17.7. The number of benzene rings is 2. The summed E-state index contributed by atoms with van der Waals surface area (Å²) in [7, 11) is 0. The fraction of sp³-hybridized carbons (Fsp3) is 0.533. The Hall–Kier alpha value is -2.60. The Morgan fingerprint density at radius 3 is 1.97 bits per heavy atom. The van der Waals surface area contributed by atoms with Crippen LogP contribution in [0.15, 0.2) is 42.5 Å². The third kappa shape index (κ3) is 9.81. The van der Waals surface area contributed by atoms with Crippen LogP contribution in [-0.4, -0.2) is 24.1 Å². The number of ether oxygens (including phenoxy) is 2. The Bertz CT molecular complexity index is 1030. The molecule has 2 aromatic carbocycles. The van der Waals surface area contributed by atoms with E-state index < -0.39 is 0 Å². The molecule has 0 radical (unpaired) electrons. The number of hydrogen-bond acceptors (Lipinski definition) is 5. The molecular weight excluding hydrogens is 468 g/mol. The maximum Gasteiger partial charge on any atom is 0.257 e. The molecule has 196 valence electrons. The van der Waals surface area contributed by atoms with Crippen LogP contribution in [0.4, 0.5) is 5.13 Å². The van der Waals surface area contributed by atoms with E-state index in [0.717, 1.165) is 41.2 Å². The molecule has 1 amide bonds. The molecule has 0 saturated heterocycles. The number of carbonyl (C=O) groups excluding carboxylic acids is 1. The predicted octanol–water partition coefficient (Wildman–Crippen LogP) is 9.03. The maximum atomic E-state index is 12.7. The second-order valence-electron chi connectivity index (χ2n) is 9.36. The summed E-state index contributed by atoms with van der Waals surface area (Å²) < 4.78 is 12.7. The van der Waals surface area contributed by atoms with Gasteiger partial charge in [-0.25, -0.2) is 4.98 Å². The summed E-state index contributed by atoms with van der Waals surface area (Å²) in [5, 5.41) is 3.51. The van der Waals surface area contributed by atoms with E-state index in [1.807, 2.05) is 30.3 Å². The minimum atomic E-state index is -0.172. The molecule has 36 heavy (non-hydrogen) atoms. The molecule has 0 aliphatic heterocycles. The van der Waals surface area contributed by atoms with Gasteiger partial charge in [0.2, 0.25) is 0 Å². The summed E-state index contributed by atoms with van der Waals surface area (Å²) in [5.41, 5.74) is 1.45. The van der Waals surface area contributed by atoms with Gasteiger partial charge in [0.25, 0.3) is 5.91 Å². The van der Waals surface area contributed by atoms with Gasteiger partial charge in [-0.15, -0.1) is 0 Å². The Kier molecular flexibility index (Phi) is 12.6. The molecule has 0 saturated carbocycles. The number of fused-ring (bicyclic) bond motifs is 1. The van der Waals surface area contributed by atoms with Crippen molar-refractivity contribution in [3.05, 3.63) is 48.0 Å². The number of anilines is 1. The van der Waals surface area contributed by atoms with Gasteiger partial charge in [-0.3, -0.25) is 10.1 Å². The van der Waals surface area contributed by atoms with Gasteiger partial charge in [-0.2, -0.15) is 0 Å². The molecule has 1 N–H and O–H groups in total. The third-order valence-corrected chi connectivity index (χ3v) is 7.16. The van der Waals surface area contributed by atoms with Gasteiger partial charge in [-0.05, 0) is 55.3 Å². The van der Waals surface area contributed by atoms with Gasteiger partial charge in [0, 0.05) is 5.56 Å². The van der Waals surface area contributed by atoms with Crippen molar-refractivity contribution in [3.63, 3.8) is 0 Å². The highest BCUT2D eigenvalue weighted by molar-refractivity contribution is 7.22. The standard InChI is InChI=1S/C30H42N2O3S/c1-3-5-7-9-10-11-12-14-22-35-26-19-20-27-28(23-26)36-30(31-27)32-29(33)24-15-17-25(18-16-24)34-21-13-8-6-4-2/h15-20,23H,3-14,21-22H2,1-2H3,(H,31,32,33). The molecule has 0 unspecified atom stereocenters. The molecular formula is C30H42N2O3S. The molecule has 0 bridgehead atoms. The Labute approximate surface area is 220 Å². The fourth-order valence-electron chi connectivity index (χ4n) is 4.06. The quantitative estimate of drug-likeness (QED) is 0.173. The number of rotatable bonds is 18. The number of unbranched alkanes of at least 4 members (excludes halogenated alkanes) is 10. The van der Waals surface area contributed by atoms with E-state index in [9.17, 15) is 4.79 Å². The van der Waals surface area contributed by atoms with Crippen LogP contribution in [0, 0.1) is 0 Å². The molecule has 0 atom stereocenters. The van der Waals surface area contributed by atoms with Crippen molar-refractivity contribution in [2.45, 2.75) is 90.9 Å². The zero-order valence-electron chi connectivity index (χ0n) is 22.0. The summed E-state index contributed by atoms with van der Waals surface area (Å²) in [6.07, 6.45) is 15.0. The van der Waals surface area contributed by atoms with Crippen LogP contribution in [0.5, 0.6) is 11.5 Å². The van der Waals surface area contributed by atoms with Crippen molar-refractivity contribution in [3.8, 4) is 11.5 Å². The monoisotopic (exact) mass is 510 g/mol. The number of hydrogen-bond donors (Lipinski definition) is 1. The van der Waals surface area contributed by atoms with Gasteiger partial charge in [0.1, 0.15) is 11.5 Å². The molecule has 1 heterocycles. The zero-order chi connectivity index (χ0) is 25.4. The van der Waals surface area contributed by atoms with E-state index in [4.69, 9.17) is 9.47 Å². The van der Waals surface area contributed by atoms with Crippen molar-refractivity contribution in [1.82, 2.24) is 4.98 Å². The van der Waals surface area contributed by atoms with Crippen molar-refractivity contribution in [2.24, 2.45) is 0 Å². The molecule has 3 rings (SSSR count). The van der Waals surface area contributed by atoms with Crippen LogP contribution in [0.2, 0.25) is 0 Å². The van der Waals surface area contributed by atoms with Crippen molar-refractivity contribution in [2.75, 3.05) is 18.5 Å². The van der Waals surface area contributed by atoms with Gasteiger partial charge in [0.15, 0.2) is 5.13 Å². The SMILES string of the molecule is CCCCCCCCCCOc1ccc2nc(NC(=O)c3ccc(OCCCCCC)cc3)sc2c1. The summed E-state index contributed by atoms with van der Waals surface area (Å²) in [6, 6.07) is 13.2. The van der Waals surface area contributed by atoms with Crippen LogP contribution < -0.4 is 14.8 Å². The minimum Gasteiger partial charge on any atom is -0.494 e. The average Bonchev–Trinajstić information content (AvgIpc) is 3.29. The van der Waals surface area contributed by atoms with Crippen molar-refractivity contribution >= 4 is 32.6 Å². The fourth-order valence-corrected chi connectivity index (χ4v) is 4.95. The Morgan fingerprint density at radius 1 is 0.750 bits per heavy atom. The topological polar surface area (TPSA) is 60.5 Å². The molecule has 1 aromatic heterocycles. The first kappa shape index (κ1) is 28.0. The summed E-state index contributed by atoms with van der Waals surface area (Å²) in [5.74, 6) is 1.48. The highest BCUT2D eigenvalue weighted by Gasteiger charge is 2.11. The largest absolute Gasteiger partial charge is 0.494 e. The Balaban J connectivity index is 1.41. The van der Waals surface area contributed by atoms with Crippen LogP contribution in [0.1, 0.15) is 101 Å². The molecule has 5 nitrogen and oxygen atoms in total.